The van der Waals surface area contributed by atoms with Crippen LogP contribution in [0.3, 0.4) is 0 Å². The average molecular weight is 939 g/mol. The van der Waals surface area contributed by atoms with Crippen LogP contribution in [0.1, 0.15) is 70.7 Å². The fraction of sp³-hybridized carbons (Fsp3) is 0.182. The highest BCUT2D eigenvalue weighted by Crippen LogP contribution is 2.42. The molecular formula is C44H38F4N12O4S2. The highest BCUT2D eigenvalue weighted by Gasteiger charge is 2.27. The fourth-order valence-electron chi connectivity index (χ4n) is 6.62. The number of halogens is 4. The molecule has 2 aromatic carbocycles. The first-order valence-electron chi connectivity index (χ1n) is 19.8. The Morgan fingerprint density at radius 3 is 1.61 bits per heavy atom. The van der Waals surface area contributed by atoms with Crippen molar-refractivity contribution in [3.8, 4) is 20.9 Å². The predicted molar refractivity (Wildman–Crippen MR) is 240 cm³/mol. The molecule has 16 nitrogen and oxygen atoms in total. The van der Waals surface area contributed by atoms with Gasteiger partial charge in [-0.15, -0.1) is 27.8 Å². The smallest absolute Gasteiger partial charge is 0.259 e. The Bertz CT molecular complexity index is 3040. The van der Waals surface area contributed by atoms with Crippen molar-refractivity contribution >= 4 is 61.9 Å². The van der Waals surface area contributed by atoms with E-state index in [4.69, 9.17) is 5.73 Å². The van der Waals surface area contributed by atoms with Crippen molar-refractivity contribution in [2.45, 2.75) is 52.0 Å². The molecule has 0 fully saturated rings. The van der Waals surface area contributed by atoms with Crippen molar-refractivity contribution in [1.29, 1.82) is 0 Å². The standard InChI is InChI=1S/C44H38F4N12O4S2/c1-43(2,63)24-11-28(45)37(29(46)12-24)32-15-26(39(49)61)41(65-32)55-34-7-5-22(17-50-34)20-59-36(19-52-58-59)57-40(62)27-16-33(38-30(47)13-25(14-31(38)48)44(3,4)64)66-42(27)56-35-8-6-23(18-51-35)21-60-53-9-10-54-60/h5-19,63-64H,20-21H2,1-4H3,(H2,49,61)(H,50,55)(H,51,56)(H,57,62). The molecule has 0 aliphatic heterocycles. The summed E-state index contributed by atoms with van der Waals surface area (Å²) in [4.78, 5) is 36.9. The Morgan fingerprint density at radius 1 is 0.682 bits per heavy atom. The third-order valence-corrected chi connectivity index (χ3v) is 12.2. The van der Waals surface area contributed by atoms with Crippen LogP contribution in [-0.4, -0.2) is 62.0 Å². The van der Waals surface area contributed by atoms with Gasteiger partial charge >= 0.3 is 0 Å². The predicted octanol–water partition coefficient (Wildman–Crippen LogP) is 8.06. The molecule has 8 aromatic rings. The van der Waals surface area contributed by atoms with Gasteiger partial charge in [-0.3, -0.25) is 9.59 Å². The van der Waals surface area contributed by atoms with Crippen molar-refractivity contribution in [2.75, 3.05) is 16.0 Å². The summed E-state index contributed by atoms with van der Waals surface area (Å²) in [5.41, 5.74) is 3.25. The van der Waals surface area contributed by atoms with Crippen molar-refractivity contribution in [3.05, 3.63) is 148 Å². The van der Waals surface area contributed by atoms with Crippen LogP contribution in [-0.2, 0) is 24.3 Å². The highest BCUT2D eigenvalue weighted by molar-refractivity contribution is 7.20. The minimum Gasteiger partial charge on any atom is -0.386 e. The van der Waals surface area contributed by atoms with Crippen molar-refractivity contribution in [1.82, 2.24) is 40.0 Å². The van der Waals surface area contributed by atoms with E-state index in [1.807, 2.05) is 0 Å². The second-order valence-corrected chi connectivity index (χ2v) is 18.1. The van der Waals surface area contributed by atoms with Crippen LogP contribution >= 0.6 is 22.7 Å². The Labute approximate surface area is 380 Å². The lowest BCUT2D eigenvalue weighted by Gasteiger charge is -2.18. The quantitative estimate of drug-likeness (QED) is 0.0537. The number of benzene rings is 2. The third-order valence-electron chi connectivity index (χ3n) is 10.1. The van der Waals surface area contributed by atoms with Crippen LogP contribution in [0.5, 0.6) is 0 Å². The van der Waals surface area contributed by atoms with E-state index in [1.54, 1.807) is 42.9 Å². The fourth-order valence-corrected chi connectivity index (χ4v) is 8.85. The van der Waals surface area contributed by atoms with Crippen LogP contribution < -0.4 is 21.7 Å². The summed E-state index contributed by atoms with van der Waals surface area (Å²) >= 11 is 1.79. The maximum absolute atomic E-state index is 15.6. The Kier molecular flexibility index (Phi) is 12.2. The maximum Gasteiger partial charge on any atom is 0.259 e. The van der Waals surface area contributed by atoms with E-state index in [0.717, 1.165) is 52.5 Å². The van der Waals surface area contributed by atoms with Crippen molar-refractivity contribution < 1.29 is 37.4 Å². The van der Waals surface area contributed by atoms with Crippen molar-refractivity contribution in [3.63, 3.8) is 0 Å². The Morgan fingerprint density at radius 2 is 1.15 bits per heavy atom. The minimum atomic E-state index is -1.52. The van der Waals surface area contributed by atoms with Crippen LogP contribution in [0.25, 0.3) is 20.9 Å². The average Bonchev–Trinajstić information content (AvgIpc) is 4.08. The summed E-state index contributed by atoms with van der Waals surface area (Å²) in [5.74, 6) is -4.51. The van der Waals surface area contributed by atoms with Crippen LogP contribution in [0.4, 0.5) is 45.0 Å². The van der Waals surface area contributed by atoms with E-state index in [0.29, 0.717) is 17.9 Å². The van der Waals surface area contributed by atoms with Gasteiger partial charge in [0.05, 0.1) is 65.1 Å². The Balaban J connectivity index is 1.01. The molecule has 2 amide bonds. The van der Waals surface area contributed by atoms with Gasteiger partial charge in [-0.2, -0.15) is 15.0 Å². The molecule has 0 bridgehead atoms. The lowest BCUT2D eigenvalue weighted by atomic mass is 9.96. The lowest BCUT2D eigenvalue weighted by Crippen LogP contribution is -2.17. The SMILES string of the molecule is CC(C)(O)c1cc(F)c(-c2cc(C(N)=O)c(Nc3ccc(Cn4nncc4NC(=O)c4cc(-c5c(F)cc(C(C)(C)O)cc5F)sc4Nc4ccc(Cn5nccn5)cn4)cn3)s2)c(F)c1. The number of primary amides is 1. The molecule has 0 atom stereocenters. The van der Waals surface area contributed by atoms with E-state index in [2.05, 4.69) is 46.4 Å². The van der Waals surface area contributed by atoms with Gasteiger partial charge in [0.15, 0.2) is 5.82 Å². The summed E-state index contributed by atoms with van der Waals surface area (Å²) in [5, 5.41) is 46.2. The number of carbonyl (C=O) groups excluding carboxylic acids is 2. The molecule has 22 heteroatoms. The summed E-state index contributed by atoms with van der Waals surface area (Å²) in [6.45, 7) is 6.04. The normalized spacial score (nSPS) is 11.8. The number of nitrogens with one attached hydrogen (secondary N) is 3. The molecule has 338 valence electrons. The van der Waals surface area contributed by atoms with Gasteiger partial charge in [-0.05, 0) is 98.5 Å². The zero-order valence-electron chi connectivity index (χ0n) is 35.3. The molecule has 6 heterocycles. The maximum atomic E-state index is 15.6. The summed E-state index contributed by atoms with van der Waals surface area (Å²) in [7, 11) is 0. The number of nitrogens with zero attached hydrogens (tertiary/aromatic N) is 8. The van der Waals surface area contributed by atoms with Crippen LogP contribution in [0.2, 0.25) is 0 Å². The zero-order chi connectivity index (χ0) is 47.1. The molecule has 0 aliphatic carbocycles. The highest BCUT2D eigenvalue weighted by atomic mass is 32.1. The van der Waals surface area contributed by atoms with Crippen LogP contribution in [0, 0.1) is 23.3 Å². The number of aliphatic hydroxyl groups is 2. The molecule has 6 aromatic heterocycles. The number of hydrogen-bond donors (Lipinski definition) is 6. The second-order valence-electron chi connectivity index (χ2n) is 16.0. The summed E-state index contributed by atoms with van der Waals surface area (Å²) in [6.07, 6.45) is 7.51. The first-order chi connectivity index (χ1) is 31.3. The van der Waals surface area contributed by atoms with E-state index < -0.39 is 57.4 Å². The number of amides is 2. The largest absolute Gasteiger partial charge is 0.386 e. The van der Waals surface area contributed by atoms with Crippen LogP contribution in [0.15, 0.2) is 91.6 Å². The molecule has 0 saturated heterocycles. The molecule has 0 radical (unpaired) electrons. The number of hydrogen-bond acceptors (Lipinski definition) is 14. The molecular weight excluding hydrogens is 901 g/mol. The van der Waals surface area contributed by atoms with Crippen molar-refractivity contribution in [2.24, 2.45) is 5.73 Å². The number of anilines is 5. The monoisotopic (exact) mass is 938 g/mol. The van der Waals surface area contributed by atoms with E-state index in [1.165, 1.54) is 61.7 Å². The number of pyridine rings is 2. The minimum absolute atomic E-state index is 0.0143. The molecule has 0 spiro atoms. The summed E-state index contributed by atoms with van der Waals surface area (Å²) < 4.78 is 63.0. The second kappa shape index (κ2) is 17.9. The van der Waals surface area contributed by atoms with Gasteiger partial charge in [0, 0.05) is 22.1 Å². The molecule has 8 rings (SSSR count). The van der Waals surface area contributed by atoms with Gasteiger partial charge < -0.3 is 31.9 Å². The van der Waals surface area contributed by atoms with E-state index >= 15 is 17.6 Å². The number of rotatable bonds is 15. The van der Waals surface area contributed by atoms with E-state index in [9.17, 15) is 19.8 Å². The first kappa shape index (κ1) is 45.2. The topological polar surface area (TPSA) is 224 Å². The third kappa shape index (κ3) is 9.80. The number of thiophene rings is 2. The van der Waals surface area contributed by atoms with Gasteiger partial charge in [0.1, 0.15) is 44.9 Å². The number of carbonyl (C=O) groups is 2. The molecule has 7 N–H and O–H groups in total. The van der Waals surface area contributed by atoms with E-state index in [-0.39, 0.29) is 60.2 Å². The number of nitrogens with two attached hydrogens (primary N) is 1. The van der Waals surface area contributed by atoms with Gasteiger partial charge in [-0.25, -0.2) is 32.2 Å². The van der Waals surface area contributed by atoms with Gasteiger partial charge in [0.2, 0.25) is 0 Å². The number of aromatic nitrogens is 8. The Hall–Kier alpha value is -7.40. The molecule has 0 unspecified atom stereocenters. The summed E-state index contributed by atoms with van der Waals surface area (Å²) in [6, 6.07) is 13.5. The molecule has 0 aliphatic rings. The van der Waals surface area contributed by atoms with Gasteiger partial charge in [-0.1, -0.05) is 17.3 Å². The van der Waals surface area contributed by atoms with Gasteiger partial charge in [0.25, 0.3) is 11.8 Å². The zero-order valence-corrected chi connectivity index (χ0v) is 36.9. The molecule has 66 heavy (non-hydrogen) atoms. The molecule has 0 saturated carbocycles. The first-order valence-corrected chi connectivity index (χ1v) is 21.4. The lowest BCUT2D eigenvalue weighted by molar-refractivity contribution is 0.0774.